The number of halogens is 3. The third-order valence-electron chi connectivity index (χ3n) is 5.02. The Kier molecular flexibility index (Phi) is 4.44. The highest BCUT2D eigenvalue weighted by Crippen LogP contribution is 2.45. The molecule has 1 aliphatic rings. The minimum Gasteiger partial charge on any atom is -0.496 e. The number of alkyl halides is 3. The largest absolute Gasteiger partial charge is 0.496 e. The van der Waals surface area contributed by atoms with E-state index in [2.05, 4.69) is 10.3 Å². The summed E-state index contributed by atoms with van der Waals surface area (Å²) in [7, 11) is 1.49. The number of hydrogen-bond donors (Lipinski definition) is 2. The fraction of sp³-hybridized carbons (Fsp3) is 0.250. The first kappa shape index (κ1) is 19.7. The topological polar surface area (TPSA) is 85.2 Å². The lowest BCUT2D eigenvalue weighted by Crippen LogP contribution is -2.63. The van der Waals surface area contributed by atoms with E-state index in [1.54, 1.807) is 36.4 Å². The number of rotatable bonds is 4. The summed E-state index contributed by atoms with van der Waals surface area (Å²) in [5.41, 5.74) is -1.86. The molecule has 0 spiro atoms. The lowest BCUT2D eigenvalue weighted by Gasteiger charge is -2.31. The number of benzene rings is 2. The average Bonchev–Trinajstić information content (AvgIpc) is 3.21. The van der Waals surface area contributed by atoms with Crippen molar-refractivity contribution in [3.05, 3.63) is 42.5 Å². The molecule has 1 aliphatic heterocycles. The van der Waals surface area contributed by atoms with E-state index in [9.17, 15) is 22.8 Å². The van der Waals surface area contributed by atoms with Gasteiger partial charge in [0.25, 0.3) is 11.6 Å². The first-order valence-electron chi connectivity index (χ1n) is 9.09. The Morgan fingerprint density at radius 3 is 2.57 bits per heavy atom. The molecule has 0 saturated carbocycles. The van der Waals surface area contributed by atoms with E-state index in [1.807, 2.05) is 5.32 Å². The van der Waals surface area contributed by atoms with Crippen LogP contribution in [0.25, 0.3) is 22.2 Å². The lowest BCUT2D eigenvalue weighted by molar-refractivity contribution is -0.217. The van der Waals surface area contributed by atoms with Gasteiger partial charge in [-0.25, -0.2) is 4.98 Å². The molecule has 0 radical (unpaired) electrons. The van der Waals surface area contributed by atoms with E-state index in [0.29, 0.717) is 21.4 Å². The molecule has 2 aromatic carbocycles. The molecule has 2 amide bonds. The van der Waals surface area contributed by atoms with Crippen molar-refractivity contribution in [3.8, 4) is 16.9 Å². The maximum Gasteiger partial charge on any atom is 0.440 e. The van der Waals surface area contributed by atoms with Crippen LogP contribution in [0.5, 0.6) is 5.75 Å². The Balaban J connectivity index is 2.02. The van der Waals surface area contributed by atoms with Crippen molar-refractivity contribution in [2.45, 2.75) is 25.2 Å². The summed E-state index contributed by atoms with van der Waals surface area (Å²) in [6.07, 6.45) is -5.33. The van der Waals surface area contributed by atoms with Crippen LogP contribution in [0.2, 0.25) is 0 Å². The molecule has 0 aliphatic carbocycles. The summed E-state index contributed by atoms with van der Waals surface area (Å²) >= 11 is 0. The van der Waals surface area contributed by atoms with E-state index in [1.165, 1.54) is 20.1 Å². The Hall–Kier alpha value is -3.56. The van der Waals surface area contributed by atoms with Crippen LogP contribution in [0.3, 0.4) is 0 Å². The first-order chi connectivity index (χ1) is 14.2. The number of para-hydroxylation sites is 2. The zero-order valence-electron chi connectivity index (χ0n) is 16.0. The van der Waals surface area contributed by atoms with Crippen molar-refractivity contribution >= 4 is 28.8 Å². The quantitative estimate of drug-likeness (QED) is 0.680. The molecule has 2 heterocycles. The number of imidazole rings is 1. The van der Waals surface area contributed by atoms with Gasteiger partial charge < -0.3 is 10.1 Å². The number of nitrogens with one attached hydrogen (secondary N) is 2. The van der Waals surface area contributed by atoms with Gasteiger partial charge in [-0.1, -0.05) is 37.3 Å². The second kappa shape index (κ2) is 6.75. The molecule has 156 valence electrons. The number of methoxy groups -OCH3 is 1. The minimum atomic E-state index is -5.11. The number of aromatic nitrogens is 2. The molecule has 7 nitrogen and oxygen atoms in total. The van der Waals surface area contributed by atoms with E-state index in [-0.39, 0.29) is 23.4 Å². The zero-order valence-corrected chi connectivity index (χ0v) is 16.0. The van der Waals surface area contributed by atoms with Crippen LogP contribution in [0.4, 0.5) is 19.1 Å². The molecular formula is C20H17F3N4O3. The molecule has 30 heavy (non-hydrogen) atoms. The fourth-order valence-corrected chi connectivity index (χ4v) is 3.63. The summed E-state index contributed by atoms with van der Waals surface area (Å²) in [5, 5.41) is 4.04. The Morgan fingerprint density at radius 2 is 1.90 bits per heavy atom. The van der Waals surface area contributed by atoms with Crippen molar-refractivity contribution in [1.82, 2.24) is 14.9 Å². The molecule has 0 saturated heterocycles. The highest BCUT2D eigenvalue weighted by atomic mass is 19.4. The van der Waals surface area contributed by atoms with Gasteiger partial charge >= 0.3 is 6.18 Å². The molecule has 0 bridgehead atoms. The Labute approximate surface area is 168 Å². The lowest BCUT2D eigenvalue weighted by atomic mass is 10.0. The summed E-state index contributed by atoms with van der Waals surface area (Å²) in [5.74, 6) is -2.11. The zero-order chi connectivity index (χ0) is 21.7. The van der Waals surface area contributed by atoms with E-state index >= 15 is 0 Å². The SMILES string of the molecule is CCC(=O)NC1(C(F)(F)F)C(=O)Nc2nc3c(-c4ccccc4OC)cccc3n21. The van der Waals surface area contributed by atoms with Gasteiger partial charge in [-0.2, -0.15) is 13.2 Å². The number of hydrogen-bond acceptors (Lipinski definition) is 4. The third kappa shape index (κ3) is 2.63. The number of nitrogens with zero attached hydrogens (tertiary/aromatic N) is 2. The third-order valence-corrected chi connectivity index (χ3v) is 5.02. The highest BCUT2D eigenvalue weighted by Gasteiger charge is 2.67. The molecular weight excluding hydrogens is 401 g/mol. The van der Waals surface area contributed by atoms with E-state index in [0.717, 1.165) is 0 Å². The van der Waals surface area contributed by atoms with Crippen LogP contribution in [0.15, 0.2) is 42.5 Å². The van der Waals surface area contributed by atoms with Gasteiger partial charge in [0, 0.05) is 17.5 Å². The Morgan fingerprint density at radius 1 is 1.20 bits per heavy atom. The predicted molar refractivity (Wildman–Crippen MR) is 103 cm³/mol. The fourth-order valence-electron chi connectivity index (χ4n) is 3.63. The normalized spacial score (nSPS) is 18.2. The Bertz CT molecular complexity index is 1170. The van der Waals surface area contributed by atoms with Crippen molar-refractivity contribution in [2.24, 2.45) is 0 Å². The number of carbonyl (C=O) groups excluding carboxylic acids is 2. The average molecular weight is 418 g/mol. The van der Waals surface area contributed by atoms with Crippen molar-refractivity contribution < 1.29 is 27.5 Å². The van der Waals surface area contributed by atoms with Gasteiger partial charge in [0.1, 0.15) is 5.75 Å². The monoisotopic (exact) mass is 418 g/mol. The van der Waals surface area contributed by atoms with Gasteiger partial charge in [0.2, 0.25) is 11.9 Å². The standard InChI is InChI=1S/C20H17F3N4O3/c1-3-15(28)26-19(20(21,22)23)17(29)25-18-24-16-12(8-6-9-13(16)27(18)19)11-7-4-5-10-14(11)30-2/h4-10H,3H2,1-2H3,(H,26,28)(H,24,25,29). The summed E-state index contributed by atoms with van der Waals surface area (Å²) in [6, 6.07) is 11.7. The maximum atomic E-state index is 14.2. The number of carbonyl (C=O) groups is 2. The van der Waals surface area contributed by atoms with Crippen molar-refractivity contribution in [3.63, 3.8) is 0 Å². The molecule has 1 unspecified atom stereocenters. The minimum absolute atomic E-state index is 0.0421. The summed E-state index contributed by atoms with van der Waals surface area (Å²) in [4.78, 5) is 28.7. The molecule has 3 aromatic rings. The van der Waals surface area contributed by atoms with Crippen LogP contribution in [0.1, 0.15) is 13.3 Å². The second-order valence-corrected chi connectivity index (χ2v) is 6.71. The number of ether oxygens (including phenoxy) is 1. The van der Waals surface area contributed by atoms with Crippen molar-refractivity contribution in [1.29, 1.82) is 0 Å². The number of fused-ring (bicyclic) bond motifs is 3. The van der Waals surface area contributed by atoms with Gasteiger partial charge in [-0.3, -0.25) is 19.5 Å². The van der Waals surface area contributed by atoms with Crippen LogP contribution >= 0.6 is 0 Å². The molecule has 0 fully saturated rings. The van der Waals surface area contributed by atoms with Crippen molar-refractivity contribution in [2.75, 3.05) is 12.4 Å². The summed E-state index contributed by atoms with van der Waals surface area (Å²) < 4.78 is 48.8. The first-order valence-corrected chi connectivity index (χ1v) is 9.09. The van der Waals surface area contributed by atoms with Crippen LogP contribution < -0.4 is 15.4 Å². The van der Waals surface area contributed by atoms with Gasteiger partial charge in [0.15, 0.2) is 0 Å². The molecule has 2 N–H and O–H groups in total. The molecule has 4 rings (SSSR count). The van der Waals surface area contributed by atoms with Crippen LogP contribution in [-0.4, -0.2) is 34.7 Å². The molecule has 10 heteroatoms. The number of anilines is 1. The molecule has 1 aromatic heterocycles. The maximum absolute atomic E-state index is 14.2. The van der Waals surface area contributed by atoms with Gasteiger partial charge in [0.05, 0.1) is 18.1 Å². The highest BCUT2D eigenvalue weighted by molar-refractivity contribution is 6.07. The van der Waals surface area contributed by atoms with Crippen LogP contribution in [0, 0.1) is 0 Å². The number of amides is 2. The summed E-state index contributed by atoms with van der Waals surface area (Å²) in [6.45, 7) is 1.40. The van der Waals surface area contributed by atoms with E-state index in [4.69, 9.17) is 4.74 Å². The molecule has 1 atom stereocenters. The van der Waals surface area contributed by atoms with E-state index < -0.39 is 23.7 Å². The second-order valence-electron chi connectivity index (χ2n) is 6.71. The van der Waals surface area contributed by atoms with Gasteiger partial charge in [-0.05, 0) is 12.1 Å². The van der Waals surface area contributed by atoms with Gasteiger partial charge in [-0.15, -0.1) is 0 Å². The smallest absolute Gasteiger partial charge is 0.440 e. The predicted octanol–water partition coefficient (Wildman–Crippen LogP) is 3.41. The van der Waals surface area contributed by atoms with Crippen LogP contribution in [-0.2, 0) is 15.3 Å².